The fourth-order valence-electron chi connectivity index (χ4n) is 1.38. The number of non-ortho nitro benzene ring substituents is 1. The van der Waals surface area contributed by atoms with Crippen molar-refractivity contribution in [3.05, 3.63) is 33.9 Å². The normalized spacial score (nSPS) is 14.4. The van der Waals surface area contributed by atoms with Crippen LogP contribution in [0.25, 0.3) is 0 Å². The van der Waals surface area contributed by atoms with E-state index in [9.17, 15) is 20.3 Å². The third-order valence-electron chi connectivity index (χ3n) is 2.41. The summed E-state index contributed by atoms with van der Waals surface area (Å²) in [5.74, 6) is -0.148. The van der Waals surface area contributed by atoms with Crippen LogP contribution < -0.4 is 5.73 Å². The van der Waals surface area contributed by atoms with Crippen molar-refractivity contribution in [1.29, 1.82) is 0 Å². The van der Waals surface area contributed by atoms with Gasteiger partial charge in [0.05, 0.1) is 17.1 Å². The van der Waals surface area contributed by atoms with Gasteiger partial charge in [-0.25, -0.2) is 0 Å². The highest BCUT2D eigenvalue weighted by molar-refractivity contribution is 5.44. The van der Waals surface area contributed by atoms with Crippen molar-refractivity contribution in [2.24, 2.45) is 5.73 Å². The van der Waals surface area contributed by atoms with Gasteiger partial charge < -0.3 is 15.9 Å². The molecule has 0 radical (unpaired) electrons. The van der Waals surface area contributed by atoms with E-state index in [0.717, 1.165) is 0 Å². The minimum Gasteiger partial charge on any atom is -0.508 e. The highest BCUT2D eigenvalue weighted by Gasteiger charge is 2.20. The lowest BCUT2D eigenvalue weighted by molar-refractivity contribution is -0.385. The fourth-order valence-corrected chi connectivity index (χ4v) is 1.38. The maximum Gasteiger partial charge on any atom is 0.270 e. The van der Waals surface area contributed by atoms with Crippen LogP contribution in [0.15, 0.2) is 18.2 Å². The first-order chi connectivity index (χ1) is 7.47. The Morgan fingerprint density at radius 2 is 2.19 bits per heavy atom. The number of phenolic OH excluding ortho intramolecular Hbond substituents is 1. The van der Waals surface area contributed by atoms with Crippen LogP contribution in [0.3, 0.4) is 0 Å². The molecule has 0 amide bonds. The Labute approximate surface area is 92.5 Å². The van der Waals surface area contributed by atoms with E-state index in [0.29, 0.717) is 6.42 Å². The third-order valence-corrected chi connectivity index (χ3v) is 2.41. The Morgan fingerprint density at radius 3 is 2.69 bits per heavy atom. The number of nitrogens with two attached hydrogens (primary N) is 1. The van der Waals surface area contributed by atoms with Crippen molar-refractivity contribution < 1.29 is 15.1 Å². The third kappa shape index (κ3) is 2.47. The summed E-state index contributed by atoms with van der Waals surface area (Å²) in [6.07, 6.45) is -0.434. The van der Waals surface area contributed by atoms with Crippen molar-refractivity contribution in [3.63, 3.8) is 0 Å². The summed E-state index contributed by atoms with van der Waals surface area (Å²) >= 11 is 0. The first-order valence-electron chi connectivity index (χ1n) is 4.88. The average Bonchev–Trinajstić information content (AvgIpc) is 2.27. The Hall–Kier alpha value is -1.66. The summed E-state index contributed by atoms with van der Waals surface area (Å²) in [6, 6.07) is 2.74. The summed E-state index contributed by atoms with van der Waals surface area (Å²) in [5, 5.41) is 29.6. The average molecular weight is 226 g/mol. The maximum absolute atomic E-state index is 10.5. The molecule has 6 heteroatoms. The van der Waals surface area contributed by atoms with Gasteiger partial charge in [0.1, 0.15) is 5.75 Å². The second-order valence-corrected chi connectivity index (χ2v) is 3.50. The lowest BCUT2D eigenvalue weighted by Crippen LogP contribution is -2.25. The molecule has 1 aromatic rings. The zero-order chi connectivity index (χ0) is 12.3. The predicted molar refractivity (Wildman–Crippen MR) is 58.0 cm³/mol. The number of aliphatic hydroxyl groups is 1. The number of nitro benzene ring substituents is 1. The first kappa shape index (κ1) is 12.4. The number of benzene rings is 1. The largest absolute Gasteiger partial charge is 0.508 e. The van der Waals surface area contributed by atoms with Gasteiger partial charge in [-0.05, 0) is 12.5 Å². The molecule has 1 aromatic carbocycles. The smallest absolute Gasteiger partial charge is 0.270 e. The van der Waals surface area contributed by atoms with Gasteiger partial charge in [-0.2, -0.15) is 0 Å². The molecule has 0 unspecified atom stereocenters. The topological polar surface area (TPSA) is 110 Å². The molecule has 16 heavy (non-hydrogen) atoms. The lowest BCUT2D eigenvalue weighted by atomic mass is 9.99. The standard InChI is InChI=1S/C10H14N2O4/c1-2-8(13)10(11)7-5-6(12(15)16)3-4-9(7)14/h3-5,8,10,13-14H,2,11H2,1H3/t8-,10+/m0/s1. The SMILES string of the molecule is CC[C@H](O)[C@H](N)c1cc([N+](=O)[O-])ccc1O. The number of nitrogens with zero attached hydrogens (tertiary/aromatic N) is 1. The summed E-state index contributed by atoms with van der Waals surface area (Å²) < 4.78 is 0. The molecule has 2 atom stereocenters. The maximum atomic E-state index is 10.5. The van der Waals surface area contributed by atoms with Gasteiger partial charge in [0.25, 0.3) is 5.69 Å². The zero-order valence-corrected chi connectivity index (χ0v) is 8.83. The molecule has 0 saturated carbocycles. The second-order valence-electron chi connectivity index (χ2n) is 3.50. The van der Waals surface area contributed by atoms with Crippen molar-refractivity contribution in [2.75, 3.05) is 0 Å². The van der Waals surface area contributed by atoms with Crippen LogP contribution in [0.4, 0.5) is 5.69 Å². The molecular formula is C10H14N2O4. The van der Waals surface area contributed by atoms with E-state index in [4.69, 9.17) is 5.73 Å². The summed E-state index contributed by atoms with van der Waals surface area (Å²) in [5.41, 5.74) is 5.71. The van der Waals surface area contributed by atoms with Crippen LogP contribution in [0.2, 0.25) is 0 Å². The Bertz CT molecular complexity index is 394. The first-order valence-corrected chi connectivity index (χ1v) is 4.88. The number of nitro groups is 1. The number of phenols is 1. The molecular weight excluding hydrogens is 212 g/mol. The van der Waals surface area contributed by atoms with E-state index >= 15 is 0 Å². The van der Waals surface area contributed by atoms with Gasteiger partial charge in [-0.15, -0.1) is 0 Å². The monoisotopic (exact) mass is 226 g/mol. The van der Waals surface area contributed by atoms with Crippen molar-refractivity contribution in [3.8, 4) is 5.75 Å². The van der Waals surface area contributed by atoms with Gasteiger partial charge in [-0.1, -0.05) is 6.92 Å². The van der Waals surface area contributed by atoms with Gasteiger partial charge in [0.15, 0.2) is 0 Å². The van der Waals surface area contributed by atoms with Gasteiger partial charge in [0.2, 0.25) is 0 Å². The van der Waals surface area contributed by atoms with Crippen LogP contribution in [0.5, 0.6) is 5.75 Å². The summed E-state index contributed by atoms with van der Waals surface area (Å²) in [7, 11) is 0. The van der Waals surface area contributed by atoms with Crippen LogP contribution in [0, 0.1) is 10.1 Å². The number of rotatable bonds is 4. The molecule has 0 aromatic heterocycles. The lowest BCUT2D eigenvalue weighted by Gasteiger charge is -2.18. The predicted octanol–water partition coefficient (Wildman–Crippen LogP) is 1.07. The van der Waals surface area contributed by atoms with E-state index in [1.807, 2.05) is 0 Å². The van der Waals surface area contributed by atoms with Crippen LogP contribution in [0.1, 0.15) is 24.9 Å². The number of hydrogen-bond donors (Lipinski definition) is 3. The molecule has 0 aliphatic carbocycles. The van der Waals surface area contributed by atoms with E-state index in [1.54, 1.807) is 6.92 Å². The quantitative estimate of drug-likeness (QED) is 0.525. The van der Waals surface area contributed by atoms with E-state index in [-0.39, 0.29) is 17.0 Å². The summed E-state index contributed by atoms with van der Waals surface area (Å²) in [4.78, 5) is 9.97. The molecule has 0 heterocycles. The van der Waals surface area contributed by atoms with E-state index in [2.05, 4.69) is 0 Å². The highest BCUT2D eigenvalue weighted by Crippen LogP contribution is 2.29. The molecule has 1 rings (SSSR count). The van der Waals surface area contributed by atoms with Gasteiger partial charge in [0, 0.05) is 17.7 Å². The molecule has 0 bridgehead atoms. The number of hydrogen-bond acceptors (Lipinski definition) is 5. The molecule has 0 saturated heterocycles. The van der Waals surface area contributed by atoms with Crippen LogP contribution in [-0.4, -0.2) is 21.2 Å². The summed E-state index contributed by atoms with van der Waals surface area (Å²) in [6.45, 7) is 1.74. The van der Waals surface area contributed by atoms with E-state index in [1.165, 1.54) is 18.2 Å². The van der Waals surface area contributed by atoms with Crippen molar-refractivity contribution >= 4 is 5.69 Å². The number of aromatic hydroxyl groups is 1. The molecule has 4 N–H and O–H groups in total. The molecule has 0 spiro atoms. The minimum absolute atomic E-state index is 0.148. The second kappa shape index (κ2) is 4.91. The molecule has 0 fully saturated rings. The van der Waals surface area contributed by atoms with E-state index < -0.39 is 17.1 Å². The molecule has 88 valence electrons. The fraction of sp³-hybridized carbons (Fsp3) is 0.400. The van der Waals surface area contributed by atoms with Gasteiger partial charge in [-0.3, -0.25) is 10.1 Å². The minimum atomic E-state index is -0.840. The molecule has 6 nitrogen and oxygen atoms in total. The Kier molecular flexibility index (Phi) is 3.81. The van der Waals surface area contributed by atoms with Gasteiger partial charge >= 0.3 is 0 Å². The van der Waals surface area contributed by atoms with Crippen LogP contribution >= 0.6 is 0 Å². The zero-order valence-electron chi connectivity index (χ0n) is 8.83. The Morgan fingerprint density at radius 1 is 1.56 bits per heavy atom. The molecule has 0 aliphatic heterocycles. The van der Waals surface area contributed by atoms with Crippen molar-refractivity contribution in [1.82, 2.24) is 0 Å². The Balaban J connectivity index is 3.11. The number of aliphatic hydroxyl groups excluding tert-OH is 1. The van der Waals surface area contributed by atoms with Crippen molar-refractivity contribution in [2.45, 2.75) is 25.5 Å². The highest BCUT2D eigenvalue weighted by atomic mass is 16.6. The van der Waals surface area contributed by atoms with Crippen LogP contribution in [-0.2, 0) is 0 Å². The molecule has 0 aliphatic rings.